The first-order chi connectivity index (χ1) is 7.24. The lowest BCUT2D eigenvalue weighted by Gasteiger charge is -2.01. The van der Waals surface area contributed by atoms with Gasteiger partial charge in [0, 0.05) is 5.38 Å². The lowest BCUT2D eigenvalue weighted by molar-refractivity contribution is 0.987. The molecule has 0 radical (unpaired) electrons. The van der Waals surface area contributed by atoms with Gasteiger partial charge in [-0.2, -0.15) is 0 Å². The molecule has 0 aromatic carbocycles. The van der Waals surface area contributed by atoms with Crippen LogP contribution in [-0.4, -0.2) is 15.2 Å². The summed E-state index contributed by atoms with van der Waals surface area (Å²) >= 11 is 1.63. The third kappa shape index (κ3) is 2.63. The summed E-state index contributed by atoms with van der Waals surface area (Å²) in [7, 11) is 0. The minimum atomic E-state index is 0.421. The third-order valence-corrected chi connectivity index (χ3v) is 2.62. The molecule has 2 rings (SSSR count). The van der Waals surface area contributed by atoms with Gasteiger partial charge in [0.2, 0.25) is 0 Å². The van der Waals surface area contributed by atoms with E-state index >= 15 is 0 Å². The van der Waals surface area contributed by atoms with Gasteiger partial charge in [0.25, 0.3) is 0 Å². The van der Waals surface area contributed by atoms with E-state index < -0.39 is 0 Å². The number of nitrogen functional groups attached to an aromatic ring is 1. The van der Waals surface area contributed by atoms with Crippen molar-refractivity contribution in [2.75, 3.05) is 11.1 Å². The summed E-state index contributed by atoms with van der Waals surface area (Å²) in [5.74, 6) is 1.12. The van der Waals surface area contributed by atoms with Crippen molar-refractivity contribution < 1.29 is 0 Å². The number of thiazole rings is 1. The maximum absolute atomic E-state index is 5.43. The van der Waals surface area contributed by atoms with Gasteiger partial charge >= 0.3 is 0 Å². The number of anilines is 2. The molecule has 2 aromatic rings. The number of aromatic nitrogens is 3. The summed E-state index contributed by atoms with van der Waals surface area (Å²) in [6.07, 6.45) is 0. The summed E-state index contributed by atoms with van der Waals surface area (Å²) in [6.45, 7) is 2.64. The van der Waals surface area contributed by atoms with Crippen molar-refractivity contribution in [1.29, 1.82) is 0 Å². The molecule has 0 unspecified atom stereocenters. The molecule has 2 aromatic heterocycles. The van der Waals surface area contributed by atoms with Crippen molar-refractivity contribution >= 4 is 23.0 Å². The number of hydrogen-bond acceptors (Lipinski definition) is 6. The molecule has 0 aliphatic rings. The number of rotatable bonds is 3. The molecule has 2 heterocycles. The van der Waals surface area contributed by atoms with Gasteiger partial charge in [0.1, 0.15) is 11.6 Å². The van der Waals surface area contributed by atoms with E-state index in [0.29, 0.717) is 18.2 Å². The van der Waals surface area contributed by atoms with Crippen molar-refractivity contribution in [1.82, 2.24) is 15.2 Å². The molecule has 0 aliphatic carbocycles. The Morgan fingerprint density at radius 2 is 2.27 bits per heavy atom. The highest BCUT2D eigenvalue weighted by atomic mass is 32.1. The summed E-state index contributed by atoms with van der Waals surface area (Å²) in [4.78, 5) is 4.33. The Morgan fingerprint density at radius 3 is 2.87 bits per heavy atom. The quantitative estimate of drug-likeness (QED) is 0.820. The Hall–Kier alpha value is -1.69. The van der Waals surface area contributed by atoms with Crippen LogP contribution in [0.4, 0.5) is 11.6 Å². The molecule has 0 amide bonds. The Kier molecular flexibility index (Phi) is 2.77. The number of nitrogens with two attached hydrogens (primary N) is 1. The van der Waals surface area contributed by atoms with E-state index in [1.807, 2.05) is 12.3 Å². The Morgan fingerprint density at radius 1 is 1.40 bits per heavy atom. The normalized spacial score (nSPS) is 10.2. The van der Waals surface area contributed by atoms with Gasteiger partial charge in [-0.25, -0.2) is 4.98 Å². The first-order valence-corrected chi connectivity index (χ1v) is 5.36. The summed E-state index contributed by atoms with van der Waals surface area (Å²) in [6, 6.07) is 3.50. The van der Waals surface area contributed by atoms with Gasteiger partial charge in [-0.05, 0) is 19.1 Å². The van der Waals surface area contributed by atoms with E-state index in [-0.39, 0.29) is 0 Å². The second kappa shape index (κ2) is 4.22. The van der Waals surface area contributed by atoms with E-state index in [4.69, 9.17) is 5.73 Å². The molecule has 0 bridgehead atoms. The third-order valence-electron chi connectivity index (χ3n) is 1.80. The zero-order valence-corrected chi connectivity index (χ0v) is 9.08. The smallest absolute Gasteiger partial charge is 0.149 e. The molecular weight excluding hydrogens is 210 g/mol. The van der Waals surface area contributed by atoms with Gasteiger partial charge in [-0.15, -0.1) is 21.5 Å². The predicted octanol–water partition coefficient (Wildman–Crippen LogP) is 1.44. The van der Waals surface area contributed by atoms with Crippen LogP contribution >= 0.6 is 11.3 Å². The molecule has 0 saturated heterocycles. The van der Waals surface area contributed by atoms with Crippen molar-refractivity contribution in [2.45, 2.75) is 13.5 Å². The highest BCUT2D eigenvalue weighted by Gasteiger charge is 1.99. The van der Waals surface area contributed by atoms with Crippen LogP contribution in [-0.2, 0) is 6.54 Å². The van der Waals surface area contributed by atoms with Crippen LogP contribution in [0.3, 0.4) is 0 Å². The maximum atomic E-state index is 5.43. The fourth-order valence-corrected chi connectivity index (χ4v) is 1.72. The molecular formula is C9H11N5S. The molecule has 0 saturated carbocycles. The SMILES string of the molecule is Cc1nc(CNc2ccc(N)nn2)cs1. The minimum absolute atomic E-state index is 0.421. The predicted molar refractivity (Wildman–Crippen MR) is 60.6 cm³/mol. The van der Waals surface area contributed by atoms with Crippen LogP contribution in [0.5, 0.6) is 0 Å². The number of nitrogens with one attached hydrogen (secondary N) is 1. The van der Waals surface area contributed by atoms with Crippen molar-refractivity contribution in [2.24, 2.45) is 0 Å². The van der Waals surface area contributed by atoms with Crippen LogP contribution < -0.4 is 11.1 Å². The highest BCUT2D eigenvalue weighted by Crippen LogP contribution is 2.10. The summed E-state index contributed by atoms with van der Waals surface area (Å²) in [5, 5.41) is 13.8. The van der Waals surface area contributed by atoms with Crippen molar-refractivity contribution in [3.63, 3.8) is 0 Å². The van der Waals surface area contributed by atoms with Crippen molar-refractivity contribution in [3.05, 3.63) is 28.2 Å². The molecule has 3 N–H and O–H groups in total. The number of nitrogens with zero attached hydrogens (tertiary/aromatic N) is 3. The van der Waals surface area contributed by atoms with Gasteiger partial charge in [-0.1, -0.05) is 0 Å². The van der Waals surface area contributed by atoms with E-state index in [1.165, 1.54) is 0 Å². The zero-order valence-electron chi connectivity index (χ0n) is 8.27. The molecule has 0 atom stereocenters. The van der Waals surface area contributed by atoms with Crippen LogP contribution in [0.1, 0.15) is 10.7 Å². The maximum Gasteiger partial charge on any atom is 0.149 e. The van der Waals surface area contributed by atoms with Gasteiger partial charge in [-0.3, -0.25) is 0 Å². The molecule has 0 spiro atoms. The average molecular weight is 221 g/mol. The fraction of sp³-hybridized carbons (Fsp3) is 0.222. The van der Waals surface area contributed by atoms with Crippen LogP contribution in [0, 0.1) is 6.92 Å². The van der Waals surface area contributed by atoms with Gasteiger partial charge in [0.05, 0.1) is 17.2 Å². The van der Waals surface area contributed by atoms with Crippen LogP contribution in [0.2, 0.25) is 0 Å². The fourth-order valence-electron chi connectivity index (χ4n) is 1.11. The first kappa shape index (κ1) is 9.85. The van der Waals surface area contributed by atoms with E-state index in [9.17, 15) is 0 Å². The second-order valence-corrected chi connectivity index (χ2v) is 4.12. The van der Waals surface area contributed by atoms with E-state index in [0.717, 1.165) is 10.7 Å². The number of aryl methyl sites for hydroxylation is 1. The van der Waals surface area contributed by atoms with Crippen LogP contribution in [0.15, 0.2) is 17.5 Å². The van der Waals surface area contributed by atoms with E-state index in [1.54, 1.807) is 23.5 Å². The van der Waals surface area contributed by atoms with Gasteiger partial charge in [0.15, 0.2) is 0 Å². The lowest BCUT2D eigenvalue weighted by Crippen LogP contribution is -2.03. The minimum Gasteiger partial charge on any atom is -0.382 e. The highest BCUT2D eigenvalue weighted by molar-refractivity contribution is 7.09. The molecule has 15 heavy (non-hydrogen) atoms. The molecule has 0 fully saturated rings. The van der Waals surface area contributed by atoms with Crippen LogP contribution in [0.25, 0.3) is 0 Å². The van der Waals surface area contributed by atoms with Gasteiger partial charge < -0.3 is 11.1 Å². The number of hydrogen-bond donors (Lipinski definition) is 2. The monoisotopic (exact) mass is 221 g/mol. The second-order valence-electron chi connectivity index (χ2n) is 3.05. The first-order valence-electron chi connectivity index (χ1n) is 4.48. The summed E-state index contributed by atoms with van der Waals surface area (Å²) < 4.78 is 0. The van der Waals surface area contributed by atoms with E-state index in [2.05, 4.69) is 20.5 Å². The molecule has 6 heteroatoms. The molecule has 5 nitrogen and oxygen atoms in total. The Bertz CT molecular complexity index is 436. The summed E-state index contributed by atoms with van der Waals surface area (Å²) in [5.41, 5.74) is 6.44. The van der Waals surface area contributed by atoms with Crippen molar-refractivity contribution in [3.8, 4) is 0 Å². The topological polar surface area (TPSA) is 76.7 Å². The Labute approximate surface area is 91.4 Å². The standard InChI is InChI=1S/C9H11N5S/c1-6-12-7(5-15-6)4-11-9-3-2-8(10)13-14-9/h2-3,5H,4H2,1H3,(H2,10,13)(H,11,14). The largest absolute Gasteiger partial charge is 0.382 e. The Balaban J connectivity index is 1.96. The average Bonchev–Trinajstić information content (AvgIpc) is 2.64. The lowest BCUT2D eigenvalue weighted by atomic mass is 10.4. The molecule has 78 valence electrons. The molecule has 0 aliphatic heterocycles. The zero-order chi connectivity index (χ0) is 10.7.